The molecule has 0 bridgehead atoms. The van der Waals surface area contributed by atoms with E-state index in [1.54, 1.807) is 60.8 Å². The van der Waals surface area contributed by atoms with Gasteiger partial charge in [0.05, 0.1) is 45.3 Å². The number of carbonyl (C=O) groups excluding carboxylic acids is 3. The second-order valence-corrected chi connectivity index (χ2v) is 10.8. The highest BCUT2D eigenvalue weighted by atomic mass is 79.9. The maximum atomic E-state index is 13.3. The summed E-state index contributed by atoms with van der Waals surface area (Å²) in [6.45, 7) is 0. The summed E-state index contributed by atoms with van der Waals surface area (Å²) in [5.41, 5.74) is 4.27. The van der Waals surface area contributed by atoms with Crippen molar-refractivity contribution in [3.05, 3.63) is 143 Å². The van der Waals surface area contributed by atoms with E-state index >= 15 is 0 Å². The lowest BCUT2D eigenvalue weighted by Crippen LogP contribution is -2.29. The SMILES string of the molecule is O=C(Oc1ccc(-c2cnc3ccccc3n2)cc1)c1ccc(N2C(=O)c3ccc(Oc4ccc(Br)cc4)cc3C2=O)cc1. The van der Waals surface area contributed by atoms with Gasteiger partial charge in [-0.25, -0.2) is 14.7 Å². The van der Waals surface area contributed by atoms with E-state index in [2.05, 4.69) is 25.9 Å². The summed E-state index contributed by atoms with van der Waals surface area (Å²) in [6.07, 6.45) is 1.70. The van der Waals surface area contributed by atoms with Crippen molar-refractivity contribution < 1.29 is 23.9 Å². The molecule has 9 heteroatoms. The number of hydrogen-bond donors (Lipinski definition) is 0. The zero-order valence-corrected chi connectivity index (χ0v) is 24.4. The number of rotatable bonds is 6. The van der Waals surface area contributed by atoms with Crippen LogP contribution < -0.4 is 14.4 Å². The molecule has 5 aromatic carbocycles. The topological polar surface area (TPSA) is 98.7 Å². The fourth-order valence-corrected chi connectivity index (χ4v) is 5.12. The molecule has 0 atom stereocenters. The van der Waals surface area contributed by atoms with Gasteiger partial charge in [0.2, 0.25) is 0 Å². The normalized spacial score (nSPS) is 12.3. The van der Waals surface area contributed by atoms with Gasteiger partial charge in [0.25, 0.3) is 11.8 Å². The number of benzene rings is 5. The first-order chi connectivity index (χ1) is 21.4. The number of imide groups is 1. The number of carbonyl (C=O) groups is 3. The first-order valence-electron chi connectivity index (χ1n) is 13.5. The summed E-state index contributed by atoms with van der Waals surface area (Å²) in [7, 11) is 0. The third-order valence-corrected chi connectivity index (χ3v) is 7.61. The van der Waals surface area contributed by atoms with Crippen LogP contribution in [-0.2, 0) is 0 Å². The lowest BCUT2D eigenvalue weighted by atomic mass is 10.1. The summed E-state index contributed by atoms with van der Waals surface area (Å²) in [5.74, 6) is -0.112. The number of ether oxygens (including phenoxy) is 2. The summed E-state index contributed by atoms with van der Waals surface area (Å²) in [5, 5.41) is 0. The summed E-state index contributed by atoms with van der Waals surface area (Å²) >= 11 is 3.38. The Bertz CT molecular complexity index is 2080. The molecule has 6 aromatic rings. The van der Waals surface area contributed by atoms with Crippen LogP contribution in [0.2, 0.25) is 0 Å². The van der Waals surface area contributed by atoms with E-state index in [4.69, 9.17) is 9.47 Å². The van der Waals surface area contributed by atoms with Gasteiger partial charge in [0.15, 0.2) is 0 Å². The Balaban J connectivity index is 1.03. The monoisotopic (exact) mass is 641 g/mol. The van der Waals surface area contributed by atoms with Crippen LogP contribution in [0.15, 0.2) is 126 Å². The van der Waals surface area contributed by atoms with E-state index in [0.29, 0.717) is 28.6 Å². The highest BCUT2D eigenvalue weighted by Crippen LogP contribution is 2.33. The van der Waals surface area contributed by atoms with Crippen LogP contribution in [0.25, 0.3) is 22.3 Å². The molecule has 0 N–H and O–H groups in total. The first kappa shape index (κ1) is 27.2. The summed E-state index contributed by atoms with van der Waals surface area (Å²) < 4.78 is 12.3. The van der Waals surface area contributed by atoms with Crippen molar-refractivity contribution in [1.29, 1.82) is 0 Å². The van der Waals surface area contributed by atoms with E-state index < -0.39 is 17.8 Å². The molecule has 1 aliphatic rings. The number of para-hydroxylation sites is 2. The van der Waals surface area contributed by atoms with Gasteiger partial charge >= 0.3 is 5.97 Å². The second kappa shape index (κ2) is 11.2. The van der Waals surface area contributed by atoms with Crippen molar-refractivity contribution in [3.8, 4) is 28.5 Å². The number of aromatic nitrogens is 2. The van der Waals surface area contributed by atoms with E-state index in [-0.39, 0.29) is 16.7 Å². The average molecular weight is 642 g/mol. The van der Waals surface area contributed by atoms with E-state index in [0.717, 1.165) is 26.0 Å². The van der Waals surface area contributed by atoms with Gasteiger partial charge in [-0.3, -0.25) is 14.6 Å². The second-order valence-electron chi connectivity index (χ2n) is 9.91. The lowest BCUT2D eigenvalue weighted by Gasteiger charge is -2.14. The minimum absolute atomic E-state index is 0.242. The molecular weight excluding hydrogens is 622 g/mol. The van der Waals surface area contributed by atoms with Gasteiger partial charge in [-0.15, -0.1) is 0 Å². The van der Waals surface area contributed by atoms with Crippen LogP contribution >= 0.6 is 15.9 Å². The maximum Gasteiger partial charge on any atom is 0.343 e. The molecule has 1 aromatic heterocycles. The molecule has 0 aliphatic carbocycles. The number of halogens is 1. The van der Waals surface area contributed by atoms with Crippen molar-refractivity contribution >= 4 is 50.4 Å². The Morgan fingerprint density at radius 2 is 1.34 bits per heavy atom. The molecule has 0 saturated heterocycles. The molecule has 0 radical (unpaired) electrons. The Morgan fingerprint density at radius 3 is 2.09 bits per heavy atom. The lowest BCUT2D eigenvalue weighted by molar-refractivity contribution is 0.0734. The van der Waals surface area contributed by atoms with Crippen molar-refractivity contribution in [1.82, 2.24) is 9.97 Å². The van der Waals surface area contributed by atoms with Crippen molar-refractivity contribution in [2.24, 2.45) is 0 Å². The number of hydrogen-bond acceptors (Lipinski definition) is 7. The highest BCUT2D eigenvalue weighted by Gasteiger charge is 2.37. The zero-order chi connectivity index (χ0) is 30.2. The van der Waals surface area contributed by atoms with Crippen molar-refractivity contribution in [2.75, 3.05) is 4.90 Å². The third-order valence-electron chi connectivity index (χ3n) is 7.08. The fourth-order valence-electron chi connectivity index (χ4n) is 4.86. The van der Waals surface area contributed by atoms with E-state index in [1.165, 1.54) is 12.1 Å². The number of amides is 2. The molecule has 2 heterocycles. The highest BCUT2D eigenvalue weighted by molar-refractivity contribution is 9.10. The molecule has 0 unspecified atom stereocenters. The molecule has 2 amide bonds. The van der Waals surface area contributed by atoms with E-state index in [1.807, 2.05) is 48.5 Å². The van der Waals surface area contributed by atoms with Crippen molar-refractivity contribution in [3.63, 3.8) is 0 Å². The molecule has 0 spiro atoms. The smallest absolute Gasteiger partial charge is 0.343 e. The van der Waals surface area contributed by atoms with E-state index in [9.17, 15) is 14.4 Å². The average Bonchev–Trinajstić information content (AvgIpc) is 3.30. The predicted molar refractivity (Wildman–Crippen MR) is 168 cm³/mol. The molecule has 0 saturated carbocycles. The minimum atomic E-state index is -0.577. The number of esters is 1. The van der Waals surface area contributed by atoms with Crippen LogP contribution in [0, 0.1) is 0 Å². The summed E-state index contributed by atoms with van der Waals surface area (Å²) in [4.78, 5) is 49.4. The van der Waals surface area contributed by atoms with Gasteiger partial charge in [-0.05, 0) is 103 Å². The van der Waals surface area contributed by atoms with Crippen LogP contribution in [-0.4, -0.2) is 27.8 Å². The van der Waals surface area contributed by atoms with Crippen LogP contribution in [0.1, 0.15) is 31.1 Å². The van der Waals surface area contributed by atoms with Gasteiger partial charge < -0.3 is 9.47 Å². The first-order valence-corrected chi connectivity index (χ1v) is 14.3. The van der Waals surface area contributed by atoms with Crippen molar-refractivity contribution in [2.45, 2.75) is 0 Å². The quantitative estimate of drug-likeness (QED) is 0.104. The van der Waals surface area contributed by atoms with Gasteiger partial charge in [0.1, 0.15) is 17.2 Å². The largest absolute Gasteiger partial charge is 0.457 e. The molecule has 44 heavy (non-hydrogen) atoms. The Labute approximate surface area is 259 Å². The van der Waals surface area contributed by atoms with Gasteiger partial charge in [-0.1, -0.05) is 28.1 Å². The maximum absolute atomic E-state index is 13.3. The molecule has 0 fully saturated rings. The zero-order valence-electron chi connectivity index (χ0n) is 22.8. The molecular formula is C35H20BrN3O5. The predicted octanol–water partition coefficient (Wildman–Crippen LogP) is 7.87. The number of anilines is 1. The number of nitrogens with zero attached hydrogens (tertiary/aromatic N) is 3. The standard InChI is InChI=1S/C35H20BrN3O5/c36-23-9-15-25(16-10-23)43-27-17-18-28-29(19-27)34(41)39(33(28)40)24-11-5-22(6-12-24)35(42)44-26-13-7-21(8-14-26)32-20-37-30-3-1-2-4-31(30)38-32/h1-20H. The molecule has 8 nitrogen and oxygen atoms in total. The summed E-state index contributed by atoms with van der Waals surface area (Å²) in [6, 6.07) is 32.8. The van der Waals surface area contributed by atoms with Crippen LogP contribution in [0.3, 0.4) is 0 Å². The minimum Gasteiger partial charge on any atom is -0.457 e. The Hall–Kier alpha value is -5.67. The van der Waals surface area contributed by atoms with Crippen LogP contribution in [0.5, 0.6) is 17.2 Å². The van der Waals surface area contributed by atoms with Gasteiger partial charge in [-0.2, -0.15) is 0 Å². The molecule has 7 rings (SSSR count). The number of fused-ring (bicyclic) bond motifs is 2. The molecule has 212 valence electrons. The third kappa shape index (κ3) is 5.21. The van der Waals surface area contributed by atoms with Gasteiger partial charge in [0, 0.05) is 10.0 Å². The Morgan fingerprint density at radius 1 is 0.682 bits per heavy atom. The molecule has 1 aliphatic heterocycles. The fraction of sp³-hybridized carbons (Fsp3) is 0. The Kier molecular flexibility index (Phi) is 6.92. The van der Waals surface area contributed by atoms with Crippen LogP contribution in [0.4, 0.5) is 5.69 Å².